The van der Waals surface area contributed by atoms with E-state index in [0.29, 0.717) is 23.8 Å². The number of sulfonamides is 1. The van der Waals surface area contributed by atoms with Gasteiger partial charge in [0, 0.05) is 11.4 Å². The summed E-state index contributed by atoms with van der Waals surface area (Å²) in [4.78, 5) is 17.6. The monoisotopic (exact) mass is 410 g/mol. The van der Waals surface area contributed by atoms with Crippen molar-refractivity contribution >= 4 is 50.1 Å². The third kappa shape index (κ3) is 4.26. The van der Waals surface area contributed by atoms with Gasteiger partial charge in [0.1, 0.15) is 0 Å². The van der Waals surface area contributed by atoms with Crippen molar-refractivity contribution in [3.8, 4) is 0 Å². The lowest BCUT2D eigenvalue weighted by molar-refractivity contribution is -0.118. The molecule has 0 saturated heterocycles. The maximum absolute atomic E-state index is 12.1. The van der Waals surface area contributed by atoms with E-state index in [4.69, 9.17) is 5.14 Å². The minimum Gasteiger partial charge on any atom is -0.350 e. The number of primary sulfonamides is 1. The Balaban J connectivity index is 1.73. The Kier molecular flexibility index (Phi) is 5.66. The van der Waals surface area contributed by atoms with E-state index in [1.165, 1.54) is 23.9 Å². The second-order valence-electron chi connectivity index (χ2n) is 5.48. The number of nitrogens with two attached hydrogens (primary N) is 1. The maximum atomic E-state index is 12.1. The van der Waals surface area contributed by atoms with Gasteiger partial charge in [-0.2, -0.15) is 0 Å². The van der Waals surface area contributed by atoms with Gasteiger partial charge in [0.05, 0.1) is 28.2 Å². The molecule has 0 aliphatic heterocycles. The van der Waals surface area contributed by atoms with E-state index < -0.39 is 10.0 Å². The van der Waals surface area contributed by atoms with Crippen molar-refractivity contribution in [2.75, 3.05) is 5.75 Å². The number of thioether (sulfide) groups is 1. The van der Waals surface area contributed by atoms with Crippen LogP contribution in [0.1, 0.15) is 11.8 Å². The number of nitrogens with one attached hydrogen (secondary N) is 1. The van der Waals surface area contributed by atoms with Gasteiger partial charge in [-0.15, -0.1) is 11.3 Å². The quantitative estimate of drug-likeness (QED) is 0.581. The predicted octanol–water partition coefficient (Wildman–Crippen LogP) is 2.17. The van der Waals surface area contributed by atoms with Crippen molar-refractivity contribution in [1.82, 2.24) is 14.9 Å². The average Bonchev–Trinajstić information content (AvgIpc) is 3.23. The van der Waals surface area contributed by atoms with Crippen LogP contribution in [0.2, 0.25) is 0 Å². The number of fused-ring (bicyclic) bond motifs is 1. The molecule has 0 saturated carbocycles. The van der Waals surface area contributed by atoms with Gasteiger partial charge in [-0.1, -0.05) is 17.8 Å². The molecule has 26 heavy (non-hydrogen) atoms. The zero-order valence-electron chi connectivity index (χ0n) is 14.0. The van der Waals surface area contributed by atoms with E-state index in [9.17, 15) is 13.2 Å². The number of benzene rings is 1. The van der Waals surface area contributed by atoms with Crippen molar-refractivity contribution < 1.29 is 13.2 Å². The number of rotatable bonds is 7. The number of hydrogen-bond acceptors (Lipinski definition) is 6. The second kappa shape index (κ2) is 7.78. The number of carbonyl (C=O) groups excluding carboxylic acids is 1. The lowest BCUT2D eigenvalue weighted by Gasteiger charge is -2.06. The highest BCUT2D eigenvalue weighted by Crippen LogP contribution is 2.25. The smallest absolute Gasteiger partial charge is 0.238 e. The fourth-order valence-corrected chi connectivity index (χ4v) is 4.55. The molecule has 0 spiro atoms. The van der Waals surface area contributed by atoms with Crippen LogP contribution in [0.4, 0.5) is 0 Å². The molecule has 0 radical (unpaired) electrons. The third-order valence-corrected chi connectivity index (χ3v) is 6.47. The van der Waals surface area contributed by atoms with Crippen LogP contribution < -0.4 is 10.5 Å². The summed E-state index contributed by atoms with van der Waals surface area (Å²) in [5.41, 5.74) is 1.35. The van der Waals surface area contributed by atoms with Crippen LogP contribution in [0.5, 0.6) is 0 Å². The van der Waals surface area contributed by atoms with Gasteiger partial charge in [-0.25, -0.2) is 18.5 Å². The number of thiophene rings is 1. The van der Waals surface area contributed by atoms with Gasteiger partial charge in [-0.05, 0) is 36.6 Å². The number of amides is 1. The summed E-state index contributed by atoms with van der Waals surface area (Å²) in [7, 11) is -3.78. The van der Waals surface area contributed by atoms with E-state index in [2.05, 4.69) is 10.3 Å². The van der Waals surface area contributed by atoms with Gasteiger partial charge in [0.2, 0.25) is 15.9 Å². The highest BCUT2D eigenvalue weighted by atomic mass is 32.2. The Morgan fingerprint density at radius 2 is 2.19 bits per heavy atom. The molecule has 3 N–H and O–H groups in total. The molecule has 2 heterocycles. The molecule has 138 valence electrons. The Labute approximate surface area is 159 Å². The van der Waals surface area contributed by atoms with Crippen molar-refractivity contribution in [3.63, 3.8) is 0 Å². The Hall–Kier alpha value is -1.88. The summed E-state index contributed by atoms with van der Waals surface area (Å²) in [5, 5.41) is 10.7. The molecule has 3 rings (SSSR count). The molecule has 0 aliphatic carbocycles. The molecular formula is C16H18N4O3S3. The molecule has 0 bridgehead atoms. The first-order chi connectivity index (χ1) is 12.4. The Bertz CT molecular complexity index is 1030. The number of carbonyl (C=O) groups is 1. The third-order valence-electron chi connectivity index (χ3n) is 3.70. The van der Waals surface area contributed by atoms with Gasteiger partial charge >= 0.3 is 0 Å². The minimum atomic E-state index is -3.78. The van der Waals surface area contributed by atoms with E-state index in [1.54, 1.807) is 17.4 Å². The van der Waals surface area contributed by atoms with Gasteiger partial charge in [0.25, 0.3) is 0 Å². The molecule has 7 nitrogen and oxygen atoms in total. The predicted molar refractivity (Wildman–Crippen MR) is 104 cm³/mol. The molecule has 3 aromatic rings. The maximum Gasteiger partial charge on any atom is 0.238 e. The normalized spacial score (nSPS) is 11.8. The summed E-state index contributed by atoms with van der Waals surface area (Å²) in [6, 6.07) is 8.52. The van der Waals surface area contributed by atoms with Crippen molar-refractivity contribution in [2.45, 2.75) is 30.1 Å². The zero-order valence-corrected chi connectivity index (χ0v) is 16.5. The summed E-state index contributed by atoms with van der Waals surface area (Å²) >= 11 is 2.91. The molecule has 1 aromatic carbocycles. The van der Waals surface area contributed by atoms with Crippen LogP contribution in [0, 0.1) is 0 Å². The van der Waals surface area contributed by atoms with Gasteiger partial charge < -0.3 is 9.88 Å². The molecular weight excluding hydrogens is 392 g/mol. The first-order valence-electron chi connectivity index (χ1n) is 7.83. The van der Waals surface area contributed by atoms with Crippen molar-refractivity contribution in [2.24, 2.45) is 5.14 Å². The molecule has 0 unspecified atom stereocenters. The van der Waals surface area contributed by atoms with Gasteiger partial charge in [-0.3, -0.25) is 4.79 Å². The summed E-state index contributed by atoms with van der Waals surface area (Å²) in [5.74, 6) is 0.153. The number of hydrogen-bond donors (Lipinski definition) is 2. The summed E-state index contributed by atoms with van der Waals surface area (Å²) < 4.78 is 25.0. The molecule has 1 amide bonds. The minimum absolute atomic E-state index is 0.0241. The number of aromatic nitrogens is 2. The fraction of sp³-hybridized carbons (Fsp3) is 0.250. The molecule has 2 aromatic heterocycles. The van der Waals surface area contributed by atoms with E-state index in [0.717, 1.165) is 10.4 Å². The lowest BCUT2D eigenvalue weighted by Crippen LogP contribution is -2.24. The van der Waals surface area contributed by atoms with Crippen LogP contribution in [-0.2, 0) is 27.9 Å². The number of imidazole rings is 1. The molecule has 0 atom stereocenters. The van der Waals surface area contributed by atoms with Crippen LogP contribution in [-0.4, -0.2) is 29.6 Å². The van der Waals surface area contributed by atoms with E-state index in [-0.39, 0.29) is 16.6 Å². The molecule has 10 heteroatoms. The largest absolute Gasteiger partial charge is 0.350 e. The topological polar surface area (TPSA) is 107 Å². The van der Waals surface area contributed by atoms with Crippen molar-refractivity contribution in [3.05, 3.63) is 40.6 Å². The van der Waals surface area contributed by atoms with Gasteiger partial charge in [0.15, 0.2) is 5.16 Å². The molecule has 0 aliphatic rings. The SMILES string of the molecule is CCn1c(SCC(=O)NCc2cccs2)nc2cc(S(N)(=O)=O)ccc21. The highest BCUT2D eigenvalue weighted by Gasteiger charge is 2.15. The van der Waals surface area contributed by atoms with Crippen LogP contribution in [0.15, 0.2) is 45.8 Å². The first kappa shape index (κ1) is 18.9. The van der Waals surface area contributed by atoms with Crippen molar-refractivity contribution in [1.29, 1.82) is 0 Å². The second-order valence-corrected chi connectivity index (χ2v) is 9.02. The zero-order chi connectivity index (χ0) is 18.7. The van der Waals surface area contributed by atoms with E-state index >= 15 is 0 Å². The van der Waals surface area contributed by atoms with E-state index in [1.807, 2.05) is 29.0 Å². The van der Waals surface area contributed by atoms with Crippen LogP contribution in [0.25, 0.3) is 11.0 Å². The number of aryl methyl sites for hydroxylation is 1. The summed E-state index contributed by atoms with van der Waals surface area (Å²) in [6.07, 6.45) is 0. The molecule has 0 fully saturated rings. The average molecular weight is 411 g/mol. The van der Waals surface area contributed by atoms with Crippen LogP contribution >= 0.6 is 23.1 Å². The standard InChI is InChI=1S/C16H18N4O3S3/c1-2-20-14-6-5-12(26(17,22)23)8-13(14)19-16(20)25-10-15(21)18-9-11-4-3-7-24-11/h3-8H,2,9-10H2,1H3,(H,18,21)(H2,17,22,23). The Morgan fingerprint density at radius 3 is 2.85 bits per heavy atom. The highest BCUT2D eigenvalue weighted by molar-refractivity contribution is 7.99. The number of nitrogens with zero attached hydrogens (tertiary/aromatic N) is 2. The first-order valence-corrected chi connectivity index (χ1v) is 11.2. The van der Waals surface area contributed by atoms with Crippen LogP contribution in [0.3, 0.4) is 0 Å². The Morgan fingerprint density at radius 1 is 1.38 bits per heavy atom. The summed E-state index contributed by atoms with van der Waals surface area (Å²) in [6.45, 7) is 3.14. The fourth-order valence-electron chi connectivity index (χ4n) is 2.46. The lowest BCUT2D eigenvalue weighted by atomic mass is 10.3.